The van der Waals surface area contributed by atoms with Crippen molar-refractivity contribution in [3.63, 3.8) is 0 Å². The summed E-state index contributed by atoms with van der Waals surface area (Å²) >= 11 is 3.94. The number of hydrogen-bond donors (Lipinski definition) is 0. The summed E-state index contributed by atoms with van der Waals surface area (Å²) in [4.78, 5) is 14.6. The number of halogens is 1. The Morgan fingerprint density at radius 2 is 1.87 bits per heavy atom. The maximum atomic E-state index is 12.6. The Bertz CT molecular complexity index is 1180. The Labute approximate surface area is 243 Å². The van der Waals surface area contributed by atoms with Gasteiger partial charge in [0, 0.05) is 43.1 Å². The summed E-state index contributed by atoms with van der Waals surface area (Å²) in [6.45, 7) is 9.04. The van der Waals surface area contributed by atoms with Gasteiger partial charge >= 0.3 is 0 Å². The van der Waals surface area contributed by atoms with Gasteiger partial charge in [0.25, 0.3) is 0 Å². The zero-order chi connectivity index (χ0) is 27.7. The van der Waals surface area contributed by atoms with E-state index in [1.807, 2.05) is 46.7 Å². The maximum Gasteiger partial charge on any atom is 0.242 e. The molecule has 204 valence electrons. The summed E-state index contributed by atoms with van der Waals surface area (Å²) in [5.74, 6) is 4.96. The van der Waals surface area contributed by atoms with E-state index in [1.54, 1.807) is 41.4 Å². The summed E-state index contributed by atoms with van der Waals surface area (Å²) in [5.41, 5.74) is 0.693. The highest BCUT2D eigenvalue weighted by atomic mass is 127. The van der Waals surface area contributed by atoms with Gasteiger partial charge in [0.2, 0.25) is 17.7 Å². The third-order valence-corrected chi connectivity index (χ3v) is 8.80. The molecule has 38 heavy (non-hydrogen) atoms. The lowest BCUT2D eigenvalue weighted by atomic mass is 10.1. The molecule has 1 aliphatic rings. The van der Waals surface area contributed by atoms with Crippen LogP contribution in [0.25, 0.3) is 17.3 Å². The topological polar surface area (TPSA) is 110 Å². The number of aromatic nitrogens is 3. The number of para-hydroxylation sites is 1. The van der Waals surface area contributed by atoms with Gasteiger partial charge in [-0.25, -0.2) is 5.26 Å². The number of ether oxygens (including phenoxy) is 2. The van der Waals surface area contributed by atoms with Crippen LogP contribution in [0.5, 0.6) is 11.5 Å². The predicted octanol–water partition coefficient (Wildman–Crippen LogP) is 5.48. The molecule has 2 aromatic heterocycles. The Morgan fingerprint density at radius 3 is 2.42 bits per heavy atom. The summed E-state index contributed by atoms with van der Waals surface area (Å²) in [5, 5.41) is 15.6. The van der Waals surface area contributed by atoms with E-state index < -0.39 is 0 Å². The van der Waals surface area contributed by atoms with E-state index in [0.29, 0.717) is 41.3 Å². The minimum atomic E-state index is 0.0912. The second kappa shape index (κ2) is 14.5. The molecule has 3 aromatic rings. The molecule has 0 aliphatic carbocycles. The van der Waals surface area contributed by atoms with Crippen molar-refractivity contribution in [1.82, 2.24) is 19.7 Å². The summed E-state index contributed by atoms with van der Waals surface area (Å²) in [7, 11) is 4.99. The molecule has 2 unspecified atom stereocenters. The van der Waals surface area contributed by atoms with E-state index in [9.17, 15) is 4.79 Å². The highest BCUT2D eigenvalue weighted by Crippen LogP contribution is 2.39. The molecule has 2 atom stereocenters. The van der Waals surface area contributed by atoms with Gasteiger partial charge in [-0.1, -0.05) is 21.9 Å². The maximum absolute atomic E-state index is 12.6. The second-order valence-electron chi connectivity index (χ2n) is 8.41. The molecule has 0 saturated carbocycles. The van der Waals surface area contributed by atoms with E-state index in [4.69, 9.17) is 19.2 Å². The van der Waals surface area contributed by atoms with Crippen LogP contribution in [0.1, 0.15) is 20.3 Å². The first kappa shape index (κ1) is 30.0. The van der Waals surface area contributed by atoms with Crippen LogP contribution >= 0.6 is 42.1 Å². The zero-order valence-electron chi connectivity index (χ0n) is 21.7. The summed E-state index contributed by atoms with van der Waals surface area (Å²) < 4.78 is 21.2. The molecule has 4 rings (SSSR count). The molecule has 1 saturated heterocycles. The van der Waals surface area contributed by atoms with Gasteiger partial charge in [-0.15, -0.1) is 10.2 Å². The molecule has 3 heterocycles. The molecule has 0 radical (unpaired) electrons. The average molecular weight is 671 g/mol. The van der Waals surface area contributed by atoms with Gasteiger partial charge in [-0.3, -0.25) is 13.7 Å². The van der Waals surface area contributed by atoms with Crippen LogP contribution in [0.2, 0.25) is 0 Å². The Hall–Kier alpha value is -2.57. The molecule has 13 heteroatoms. The minimum Gasteiger partial charge on any atom is -0.494 e. The van der Waals surface area contributed by atoms with Crippen LogP contribution in [0, 0.1) is 17.8 Å². The number of nitriles is 1. The fraction of sp³-hybridized carbons (Fsp3) is 0.440. The smallest absolute Gasteiger partial charge is 0.242 e. The van der Waals surface area contributed by atoms with Crippen LogP contribution in [0.4, 0.5) is 5.95 Å². The molecule has 0 spiro atoms. The third-order valence-electron chi connectivity index (χ3n) is 6.12. The van der Waals surface area contributed by atoms with Gasteiger partial charge in [0.1, 0.15) is 17.2 Å². The number of methoxy groups -OCH3 is 2. The van der Waals surface area contributed by atoms with E-state index in [0.717, 1.165) is 24.5 Å². The molecule has 1 aliphatic heterocycles. The SMILES string of the molecule is C#N.COc1cccc(OC)c1-n1c(-c2ccco2)nnc1N(CCSI)SCCN1C(=O)C(C)CC1C. The number of amides is 1. The van der Waals surface area contributed by atoms with Crippen LogP contribution in [0.15, 0.2) is 41.0 Å². The van der Waals surface area contributed by atoms with Gasteiger partial charge in [-0.05, 0) is 70.8 Å². The number of benzene rings is 1. The lowest BCUT2D eigenvalue weighted by Gasteiger charge is -2.26. The number of anilines is 1. The van der Waals surface area contributed by atoms with Crippen LogP contribution in [-0.2, 0) is 4.79 Å². The van der Waals surface area contributed by atoms with Crippen molar-refractivity contribution < 1.29 is 18.7 Å². The van der Waals surface area contributed by atoms with Crippen molar-refractivity contribution in [3.05, 3.63) is 36.6 Å². The number of carbonyl (C=O) groups is 1. The van der Waals surface area contributed by atoms with Gasteiger partial charge in [-0.2, -0.15) is 0 Å². The first-order valence-corrected chi connectivity index (χ1v) is 16.4. The lowest BCUT2D eigenvalue weighted by molar-refractivity contribution is -0.131. The highest BCUT2D eigenvalue weighted by Gasteiger charge is 2.34. The van der Waals surface area contributed by atoms with E-state index in [1.165, 1.54) is 0 Å². The predicted molar refractivity (Wildman–Crippen MR) is 160 cm³/mol. The first-order valence-electron chi connectivity index (χ1n) is 11.9. The van der Waals surface area contributed by atoms with Gasteiger partial charge in [0.05, 0.1) is 20.5 Å². The van der Waals surface area contributed by atoms with Gasteiger partial charge in [0.15, 0.2) is 5.76 Å². The van der Waals surface area contributed by atoms with Crippen molar-refractivity contribution >= 4 is 53.9 Å². The van der Waals surface area contributed by atoms with Crippen LogP contribution in [0.3, 0.4) is 0 Å². The summed E-state index contributed by atoms with van der Waals surface area (Å²) in [6.07, 6.45) is 2.52. The lowest BCUT2D eigenvalue weighted by Crippen LogP contribution is -2.35. The fourth-order valence-corrected chi connectivity index (χ4v) is 6.33. The molecular weight excluding hydrogens is 639 g/mol. The zero-order valence-corrected chi connectivity index (χ0v) is 25.5. The van der Waals surface area contributed by atoms with Crippen LogP contribution < -0.4 is 13.8 Å². The molecule has 0 bridgehead atoms. The van der Waals surface area contributed by atoms with Crippen molar-refractivity contribution in [2.24, 2.45) is 5.92 Å². The number of likely N-dealkylation sites (tertiary alicyclic amines) is 1. The van der Waals surface area contributed by atoms with E-state index in [2.05, 4.69) is 49.2 Å². The number of furan rings is 1. The largest absolute Gasteiger partial charge is 0.494 e. The fourth-order valence-electron chi connectivity index (χ4n) is 4.42. The quantitative estimate of drug-likeness (QED) is 0.182. The van der Waals surface area contributed by atoms with Crippen molar-refractivity contribution in [1.29, 1.82) is 5.26 Å². The Balaban J connectivity index is 0.00000195. The number of hydrogen-bond acceptors (Lipinski definition) is 10. The molecule has 0 N–H and O–H groups in total. The molecular formula is C25H31IN6O4S2. The minimum absolute atomic E-state index is 0.0912. The van der Waals surface area contributed by atoms with Crippen LogP contribution in [-0.4, -0.2) is 70.4 Å². The normalized spacial score (nSPS) is 16.7. The Kier molecular flexibility index (Phi) is 11.5. The standard InChI is InChI=1S/C24H30IN5O4S2.CHN/c1-16-15-17(2)28(23(16)31)10-14-36-29(11-13-35-25)24-27-26-22(20-9-6-12-34-20)30(24)21-18(32-3)7-5-8-19(21)33-4;1-2/h5-9,12,16-17H,10-11,13-15H2,1-4H3;1H. The van der Waals surface area contributed by atoms with Crippen molar-refractivity contribution in [2.45, 2.75) is 26.3 Å². The molecule has 10 nitrogen and oxygen atoms in total. The number of rotatable bonds is 12. The molecule has 1 aromatic carbocycles. The van der Waals surface area contributed by atoms with E-state index in [-0.39, 0.29) is 17.9 Å². The van der Waals surface area contributed by atoms with Crippen molar-refractivity contribution in [2.75, 3.05) is 43.1 Å². The van der Waals surface area contributed by atoms with Gasteiger partial charge < -0.3 is 18.8 Å². The average Bonchev–Trinajstić information content (AvgIpc) is 3.67. The second-order valence-corrected chi connectivity index (χ2v) is 12.0. The molecule has 1 amide bonds. The van der Waals surface area contributed by atoms with E-state index >= 15 is 0 Å². The molecule has 1 fully saturated rings. The monoisotopic (exact) mass is 670 g/mol. The Morgan fingerprint density at radius 1 is 1.16 bits per heavy atom. The van der Waals surface area contributed by atoms with Crippen molar-refractivity contribution in [3.8, 4) is 35.3 Å². The summed E-state index contributed by atoms with van der Waals surface area (Å²) in [6, 6.07) is 9.58. The highest BCUT2D eigenvalue weighted by molar-refractivity contribution is 14.2. The third kappa shape index (κ3) is 6.52. The number of nitrogens with zero attached hydrogens (tertiary/aromatic N) is 6. The first-order chi connectivity index (χ1) is 18.5. The number of carbonyl (C=O) groups excluding carboxylic acids is 1.